The van der Waals surface area contributed by atoms with Crippen LogP contribution in [0.25, 0.3) is 0 Å². The van der Waals surface area contributed by atoms with Gasteiger partial charge in [-0.15, -0.1) is 0 Å². The van der Waals surface area contributed by atoms with Gasteiger partial charge in [0.25, 0.3) is 0 Å². The van der Waals surface area contributed by atoms with Gasteiger partial charge in [0.2, 0.25) is 4.80 Å². The number of rotatable bonds is 0. The second-order valence-electron chi connectivity index (χ2n) is 6.09. The van der Waals surface area contributed by atoms with Gasteiger partial charge in [-0.3, -0.25) is 4.99 Å². The lowest BCUT2D eigenvalue weighted by atomic mass is 9.92. The van der Waals surface area contributed by atoms with Crippen molar-refractivity contribution >= 4 is 11.5 Å². The van der Waals surface area contributed by atoms with Crippen LogP contribution >= 0.6 is 11.5 Å². The van der Waals surface area contributed by atoms with E-state index in [1.165, 1.54) is 17.4 Å². The molecule has 0 aliphatic carbocycles. The summed E-state index contributed by atoms with van der Waals surface area (Å²) in [5.41, 5.74) is 0.332. The van der Waals surface area contributed by atoms with Crippen LogP contribution in [-0.4, -0.2) is 14.5 Å². The Morgan fingerprint density at radius 1 is 1.40 bits per heavy atom. The molecule has 84 valence electrons. The molecule has 1 aliphatic heterocycles. The largest absolute Gasteiger partial charge is 0.303 e. The SMILES string of the molecule is CC1(C)Cc2nsc(=NC(C)(C)C)n2C1. The minimum Gasteiger partial charge on any atom is -0.303 e. The van der Waals surface area contributed by atoms with Crippen molar-refractivity contribution in [1.82, 2.24) is 8.94 Å². The van der Waals surface area contributed by atoms with Crippen molar-refractivity contribution in [2.45, 2.75) is 53.1 Å². The minimum atomic E-state index is -0.0139. The van der Waals surface area contributed by atoms with Crippen LogP contribution < -0.4 is 4.80 Å². The number of hydrogen-bond acceptors (Lipinski definition) is 3. The lowest BCUT2D eigenvalue weighted by Crippen LogP contribution is -2.23. The fourth-order valence-corrected chi connectivity index (χ4v) is 2.80. The number of hydrogen-bond donors (Lipinski definition) is 0. The molecule has 2 heterocycles. The summed E-state index contributed by atoms with van der Waals surface area (Å²) in [6, 6.07) is 0. The van der Waals surface area contributed by atoms with Crippen LogP contribution in [0, 0.1) is 5.41 Å². The van der Waals surface area contributed by atoms with Gasteiger partial charge in [-0.25, -0.2) is 0 Å². The highest BCUT2D eigenvalue weighted by molar-refractivity contribution is 7.02. The first-order chi connectivity index (χ1) is 6.77. The summed E-state index contributed by atoms with van der Waals surface area (Å²) < 4.78 is 6.76. The molecule has 0 unspecified atom stereocenters. The molecule has 1 aromatic heterocycles. The van der Waals surface area contributed by atoms with Crippen LogP contribution in [0.4, 0.5) is 0 Å². The predicted molar refractivity (Wildman–Crippen MR) is 62.9 cm³/mol. The summed E-state index contributed by atoms with van der Waals surface area (Å²) in [6.45, 7) is 12.0. The Hall–Kier alpha value is -0.640. The third-order valence-corrected chi connectivity index (χ3v) is 3.21. The molecular formula is C11H19N3S. The van der Waals surface area contributed by atoms with E-state index in [0.717, 1.165) is 17.8 Å². The van der Waals surface area contributed by atoms with Gasteiger partial charge in [-0.2, -0.15) is 4.37 Å². The van der Waals surface area contributed by atoms with Crippen molar-refractivity contribution in [3.05, 3.63) is 10.6 Å². The molecule has 3 nitrogen and oxygen atoms in total. The van der Waals surface area contributed by atoms with Crippen molar-refractivity contribution < 1.29 is 0 Å². The van der Waals surface area contributed by atoms with Gasteiger partial charge in [0, 0.05) is 24.5 Å². The fraction of sp³-hybridized carbons (Fsp3) is 0.818. The molecule has 0 spiro atoms. The van der Waals surface area contributed by atoms with Crippen LogP contribution in [-0.2, 0) is 13.0 Å². The first-order valence-corrected chi connectivity index (χ1v) is 6.16. The Bertz CT molecular complexity index is 431. The second kappa shape index (κ2) is 3.17. The molecule has 0 atom stereocenters. The van der Waals surface area contributed by atoms with Crippen LogP contribution in [0.5, 0.6) is 0 Å². The standard InChI is InChI=1S/C11H19N3S/c1-10(2,3)12-9-14-7-11(4,5)6-8(14)13-15-9/h6-7H2,1-5H3. The minimum absolute atomic E-state index is 0.0139. The quantitative estimate of drug-likeness (QED) is 0.666. The summed E-state index contributed by atoms with van der Waals surface area (Å²) in [5.74, 6) is 1.20. The van der Waals surface area contributed by atoms with Gasteiger partial charge in [0.15, 0.2) is 0 Å². The van der Waals surface area contributed by atoms with Crippen molar-refractivity contribution in [2.24, 2.45) is 10.4 Å². The van der Waals surface area contributed by atoms with E-state index >= 15 is 0 Å². The predicted octanol–water partition coefficient (Wildman–Crippen LogP) is 2.23. The zero-order chi connectivity index (χ0) is 11.3. The number of aromatic nitrogens is 2. The highest BCUT2D eigenvalue weighted by Crippen LogP contribution is 2.29. The molecule has 1 aromatic rings. The summed E-state index contributed by atoms with van der Waals surface area (Å²) in [4.78, 5) is 5.78. The summed E-state index contributed by atoms with van der Waals surface area (Å²) >= 11 is 1.53. The topological polar surface area (TPSA) is 30.2 Å². The van der Waals surface area contributed by atoms with Crippen LogP contribution in [0.15, 0.2) is 4.99 Å². The van der Waals surface area contributed by atoms with E-state index in [0.29, 0.717) is 5.41 Å². The van der Waals surface area contributed by atoms with Gasteiger partial charge in [0.05, 0.1) is 5.54 Å². The molecule has 0 bridgehead atoms. The number of fused-ring (bicyclic) bond motifs is 1. The molecule has 2 rings (SSSR count). The van der Waals surface area contributed by atoms with E-state index in [9.17, 15) is 0 Å². The molecule has 15 heavy (non-hydrogen) atoms. The van der Waals surface area contributed by atoms with Gasteiger partial charge >= 0.3 is 0 Å². The second-order valence-corrected chi connectivity index (χ2v) is 6.82. The summed E-state index contributed by atoms with van der Waals surface area (Å²) in [6.07, 6.45) is 1.07. The van der Waals surface area contributed by atoms with Crippen LogP contribution in [0.1, 0.15) is 40.4 Å². The summed E-state index contributed by atoms with van der Waals surface area (Å²) in [5, 5.41) is 0. The first kappa shape index (κ1) is 10.9. The van der Waals surface area contributed by atoms with Crippen LogP contribution in [0.2, 0.25) is 0 Å². The molecule has 1 aliphatic rings. The average molecular weight is 225 g/mol. The Morgan fingerprint density at radius 2 is 2.07 bits per heavy atom. The maximum Gasteiger partial charge on any atom is 0.204 e. The lowest BCUT2D eigenvalue weighted by molar-refractivity contribution is 0.355. The van der Waals surface area contributed by atoms with E-state index in [2.05, 4.69) is 43.6 Å². The first-order valence-electron chi connectivity index (χ1n) is 5.38. The zero-order valence-electron chi connectivity index (χ0n) is 10.2. The van der Waals surface area contributed by atoms with Crippen molar-refractivity contribution in [3.8, 4) is 0 Å². The average Bonchev–Trinajstić information content (AvgIpc) is 2.45. The molecule has 0 N–H and O–H groups in total. The molecule has 0 aromatic carbocycles. The van der Waals surface area contributed by atoms with Gasteiger partial charge in [0.1, 0.15) is 5.82 Å². The van der Waals surface area contributed by atoms with Crippen molar-refractivity contribution in [1.29, 1.82) is 0 Å². The molecule has 0 amide bonds. The zero-order valence-corrected chi connectivity index (χ0v) is 11.0. The van der Waals surface area contributed by atoms with E-state index in [-0.39, 0.29) is 5.54 Å². The lowest BCUT2D eigenvalue weighted by Gasteiger charge is -2.15. The third-order valence-electron chi connectivity index (χ3n) is 2.43. The molecule has 0 fully saturated rings. The Morgan fingerprint density at radius 3 is 2.67 bits per heavy atom. The highest BCUT2D eigenvalue weighted by Gasteiger charge is 2.30. The van der Waals surface area contributed by atoms with Gasteiger partial charge in [-0.1, -0.05) is 13.8 Å². The fourth-order valence-electron chi connectivity index (χ4n) is 1.87. The maximum absolute atomic E-state index is 4.71. The normalized spacial score (nSPS) is 20.7. The monoisotopic (exact) mass is 225 g/mol. The maximum atomic E-state index is 4.71. The molecule has 0 radical (unpaired) electrons. The molecule has 4 heteroatoms. The highest BCUT2D eigenvalue weighted by atomic mass is 32.1. The van der Waals surface area contributed by atoms with E-state index in [4.69, 9.17) is 4.99 Å². The van der Waals surface area contributed by atoms with Gasteiger partial charge < -0.3 is 4.57 Å². The van der Waals surface area contributed by atoms with E-state index < -0.39 is 0 Å². The molecule has 0 saturated heterocycles. The summed E-state index contributed by atoms with van der Waals surface area (Å²) in [7, 11) is 0. The number of nitrogens with zero attached hydrogens (tertiary/aromatic N) is 3. The van der Waals surface area contributed by atoms with Crippen molar-refractivity contribution in [2.75, 3.05) is 0 Å². The third kappa shape index (κ3) is 2.30. The van der Waals surface area contributed by atoms with Crippen molar-refractivity contribution in [3.63, 3.8) is 0 Å². The van der Waals surface area contributed by atoms with Crippen LogP contribution in [0.3, 0.4) is 0 Å². The molecular weight excluding hydrogens is 206 g/mol. The van der Waals surface area contributed by atoms with Gasteiger partial charge in [-0.05, 0) is 26.2 Å². The molecule has 0 saturated carbocycles. The smallest absolute Gasteiger partial charge is 0.204 e. The van der Waals surface area contributed by atoms with E-state index in [1.807, 2.05) is 0 Å². The Labute approximate surface area is 95.0 Å². The Kier molecular flexibility index (Phi) is 2.30. The van der Waals surface area contributed by atoms with E-state index in [1.54, 1.807) is 0 Å². The Balaban J connectivity index is 2.44.